The summed E-state index contributed by atoms with van der Waals surface area (Å²) in [6, 6.07) is 7.16. The van der Waals surface area contributed by atoms with Crippen LogP contribution in [0.3, 0.4) is 0 Å². The molecule has 0 unspecified atom stereocenters. The summed E-state index contributed by atoms with van der Waals surface area (Å²) < 4.78 is 0. The normalized spacial score (nSPS) is 14.3. The summed E-state index contributed by atoms with van der Waals surface area (Å²) >= 11 is 0. The Morgan fingerprint density at radius 1 is 1.09 bits per heavy atom. The molecule has 0 bridgehead atoms. The number of hydrogen-bond donors (Lipinski definition) is 1. The number of benzene rings is 1. The maximum atomic E-state index is 12.4. The minimum Gasteiger partial charge on any atom is -0.348 e. The first kappa shape index (κ1) is 16.7. The highest BCUT2D eigenvalue weighted by Gasteiger charge is 2.23. The number of hydrogen-bond acceptors (Lipinski definition) is 3. The molecule has 1 saturated heterocycles. The van der Waals surface area contributed by atoms with Crippen LogP contribution in [0.2, 0.25) is 0 Å². The summed E-state index contributed by atoms with van der Waals surface area (Å²) in [5, 5.41) is 2.69. The van der Waals surface area contributed by atoms with Gasteiger partial charge in [-0.05, 0) is 23.8 Å². The Kier molecular flexibility index (Phi) is 5.51. The fourth-order valence-corrected chi connectivity index (χ4v) is 2.43. The summed E-state index contributed by atoms with van der Waals surface area (Å²) in [5.74, 6) is -0.216. The van der Waals surface area contributed by atoms with E-state index < -0.39 is 0 Å². The molecule has 1 aromatic rings. The van der Waals surface area contributed by atoms with E-state index in [0.29, 0.717) is 38.3 Å². The molecule has 1 aromatic carbocycles. The number of carbonyl (C=O) groups excluding carboxylic acids is 3. The van der Waals surface area contributed by atoms with Crippen molar-refractivity contribution < 1.29 is 14.4 Å². The Balaban J connectivity index is 1.91. The van der Waals surface area contributed by atoms with Gasteiger partial charge in [-0.15, -0.1) is 0 Å². The van der Waals surface area contributed by atoms with E-state index in [1.807, 2.05) is 12.1 Å². The Labute approximate surface area is 135 Å². The smallest absolute Gasteiger partial charge is 0.253 e. The van der Waals surface area contributed by atoms with Gasteiger partial charge in [0.05, 0.1) is 0 Å². The summed E-state index contributed by atoms with van der Waals surface area (Å²) in [7, 11) is 0. The van der Waals surface area contributed by atoms with E-state index in [9.17, 15) is 14.4 Å². The number of amides is 3. The first-order valence-electron chi connectivity index (χ1n) is 7.55. The van der Waals surface area contributed by atoms with Gasteiger partial charge < -0.3 is 15.1 Å². The molecule has 0 spiro atoms. The molecule has 0 atom stereocenters. The predicted molar refractivity (Wildman–Crippen MR) is 86.6 cm³/mol. The van der Waals surface area contributed by atoms with Crippen LogP contribution < -0.4 is 5.32 Å². The van der Waals surface area contributed by atoms with Gasteiger partial charge in [0.25, 0.3) is 5.91 Å². The minimum absolute atomic E-state index is 0.0325. The third-order valence-corrected chi connectivity index (χ3v) is 3.87. The average molecular weight is 315 g/mol. The zero-order chi connectivity index (χ0) is 16.8. The van der Waals surface area contributed by atoms with Crippen molar-refractivity contribution >= 4 is 17.7 Å². The first-order valence-corrected chi connectivity index (χ1v) is 7.55. The van der Waals surface area contributed by atoms with Gasteiger partial charge in [-0.1, -0.05) is 18.7 Å². The predicted octanol–water partition coefficient (Wildman–Crippen LogP) is 0.793. The zero-order valence-electron chi connectivity index (χ0n) is 13.2. The summed E-state index contributed by atoms with van der Waals surface area (Å²) in [6.45, 7) is 7.59. The van der Waals surface area contributed by atoms with Gasteiger partial charge in [0.1, 0.15) is 0 Å². The maximum absolute atomic E-state index is 12.4. The summed E-state index contributed by atoms with van der Waals surface area (Å²) in [6.07, 6.45) is 1.22. The van der Waals surface area contributed by atoms with Gasteiger partial charge in [-0.2, -0.15) is 0 Å². The molecule has 2 rings (SSSR count). The van der Waals surface area contributed by atoms with Gasteiger partial charge >= 0.3 is 0 Å². The third-order valence-electron chi connectivity index (χ3n) is 3.87. The standard InChI is InChI=1S/C17H21N3O3/c1-3-16(22)18-12-14-4-6-15(7-5-14)17(23)20-10-8-19(9-11-20)13(2)21/h3-7H,1,8-12H2,2H3,(H,18,22). The highest BCUT2D eigenvalue weighted by molar-refractivity contribution is 5.94. The van der Waals surface area contributed by atoms with E-state index in [0.717, 1.165) is 5.56 Å². The lowest BCUT2D eigenvalue weighted by atomic mass is 10.1. The molecule has 0 radical (unpaired) electrons. The van der Waals surface area contributed by atoms with E-state index in [1.54, 1.807) is 28.9 Å². The van der Waals surface area contributed by atoms with Crippen molar-refractivity contribution in [2.24, 2.45) is 0 Å². The largest absolute Gasteiger partial charge is 0.348 e. The number of rotatable bonds is 4. The fraction of sp³-hybridized carbons (Fsp3) is 0.353. The van der Waals surface area contributed by atoms with Crippen molar-refractivity contribution in [2.75, 3.05) is 26.2 Å². The molecule has 122 valence electrons. The maximum Gasteiger partial charge on any atom is 0.253 e. The molecule has 1 aliphatic rings. The summed E-state index contributed by atoms with van der Waals surface area (Å²) in [5.41, 5.74) is 1.53. The van der Waals surface area contributed by atoms with Crippen molar-refractivity contribution in [3.05, 3.63) is 48.0 Å². The zero-order valence-corrected chi connectivity index (χ0v) is 13.2. The molecular weight excluding hydrogens is 294 g/mol. The average Bonchev–Trinajstić information content (AvgIpc) is 2.59. The van der Waals surface area contributed by atoms with Gasteiger partial charge in [0.2, 0.25) is 11.8 Å². The van der Waals surface area contributed by atoms with E-state index in [1.165, 1.54) is 6.08 Å². The molecule has 1 N–H and O–H groups in total. The van der Waals surface area contributed by atoms with Crippen LogP contribution in [-0.2, 0) is 16.1 Å². The molecule has 0 aliphatic carbocycles. The van der Waals surface area contributed by atoms with Crippen molar-refractivity contribution in [1.29, 1.82) is 0 Å². The first-order chi connectivity index (χ1) is 11.0. The molecule has 3 amide bonds. The Morgan fingerprint density at radius 3 is 2.17 bits per heavy atom. The van der Waals surface area contributed by atoms with Crippen LogP contribution in [0.5, 0.6) is 0 Å². The van der Waals surface area contributed by atoms with Gasteiger partial charge in [-0.25, -0.2) is 0 Å². The van der Waals surface area contributed by atoms with Crippen LogP contribution in [-0.4, -0.2) is 53.7 Å². The van der Waals surface area contributed by atoms with Crippen LogP contribution in [0.1, 0.15) is 22.8 Å². The van der Waals surface area contributed by atoms with E-state index in [-0.39, 0.29) is 17.7 Å². The third kappa shape index (κ3) is 4.42. The molecule has 6 nitrogen and oxygen atoms in total. The van der Waals surface area contributed by atoms with Gasteiger partial charge in [0, 0.05) is 45.2 Å². The molecule has 1 fully saturated rings. The van der Waals surface area contributed by atoms with E-state index in [4.69, 9.17) is 0 Å². The van der Waals surface area contributed by atoms with Crippen molar-refractivity contribution in [1.82, 2.24) is 15.1 Å². The second-order valence-electron chi connectivity index (χ2n) is 5.42. The van der Waals surface area contributed by atoms with Crippen LogP contribution in [0.15, 0.2) is 36.9 Å². The van der Waals surface area contributed by atoms with E-state index in [2.05, 4.69) is 11.9 Å². The SMILES string of the molecule is C=CC(=O)NCc1ccc(C(=O)N2CCN(C(C)=O)CC2)cc1. The minimum atomic E-state index is -0.228. The van der Waals surface area contributed by atoms with E-state index >= 15 is 0 Å². The number of piperazine rings is 1. The van der Waals surface area contributed by atoms with Crippen molar-refractivity contribution in [2.45, 2.75) is 13.5 Å². The van der Waals surface area contributed by atoms with Crippen molar-refractivity contribution in [3.63, 3.8) is 0 Å². The lowest BCUT2D eigenvalue weighted by Gasteiger charge is -2.34. The fourth-order valence-electron chi connectivity index (χ4n) is 2.43. The van der Waals surface area contributed by atoms with Gasteiger partial charge in [-0.3, -0.25) is 14.4 Å². The Morgan fingerprint density at radius 2 is 1.65 bits per heavy atom. The van der Waals surface area contributed by atoms with Crippen LogP contribution >= 0.6 is 0 Å². The second kappa shape index (κ2) is 7.58. The molecular formula is C17H21N3O3. The van der Waals surface area contributed by atoms with Crippen LogP contribution in [0, 0.1) is 0 Å². The van der Waals surface area contributed by atoms with Gasteiger partial charge in [0.15, 0.2) is 0 Å². The molecule has 6 heteroatoms. The molecule has 23 heavy (non-hydrogen) atoms. The number of carbonyl (C=O) groups is 3. The topological polar surface area (TPSA) is 69.7 Å². The molecule has 1 heterocycles. The monoisotopic (exact) mass is 315 g/mol. The van der Waals surface area contributed by atoms with Crippen molar-refractivity contribution in [3.8, 4) is 0 Å². The van der Waals surface area contributed by atoms with Crippen LogP contribution in [0.25, 0.3) is 0 Å². The lowest BCUT2D eigenvalue weighted by molar-refractivity contribution is -0.130. The Bertz CT molecular complexity index is 602. The number of nitrogens with zero attached hydrogens (tertiary/aromatic N) is 2. The Hall–Kier alpha value is -2.63. The molecule has 0 saturated carbocycles. The number of nitrogens with one attached hydrogen (secondary N) is 1. The van der Waals surface area contributed by atoms with Crippen LogP contribution in [0.4, 0.5) is 0 Å². The molecule has 0 aromatic heterocycles. The lowest BCUT2D eigenvalue weighted by Crippen LogP contribution is -2.50. The highest BCUT2D eigenvalue weighted by Crippen LogP contribution is 2.10. The summed E-state index contributed by atoms with van der Waals surface area (Å²) in [4.78, 5) is 38.4. The second-order valence-corrected chi connectivity index (χ2v) is 5.42. The quantitative estimate of drug-likeness (QED) is 0.835. The molecule has 1 aliphatic heterocycles. The highest BCUT2D eigenvalue weighted by atomic mass is 16.2.